The van der Waals surface area contributed by atoms with Crippen LogP contribution in [0.4, 0.5) is 0 Å². The van der Waals surface area contributed by atoms with Gasteiger partial charge in [0.25, 0.3) is 0 Å². The number of hydrogen-bond donors (Lipinski definition) is 1. The summed E-state index contributed by atoms with van der Waals surface area (Å²) in [6, 6.07) is 42.1. The van der Waals surface area contributed by atoms with Gasteiger partial charge in [-0.05, 0) is 11.1 Å². The van der Waals surface area contributed by atoms with Gasteiger partial charge in [-0.25, -0.2) is 0 Å². The first kappa shape index (κ1) is 19.7. The molecule has 0 fully saturated rings. The van der Waals surface area contributed by atoms with Gasteiger partial charge < -0.3 is 10.5 Å². The van der Waals surface area contributed by atoms with Gasteiger partial charge >= 0.3 is 0 Å². The first-order valence-corrected chi connectivity index (χ1v) is 10.6. The van der Waals surface area contributed by atoms with E-state index in [4.69, 9.17) is 10.5 Å². The van der Waals surface area contributed by atoms with Crippen LogP contribution in [0.5, 0.6) is 0 Å². The van der Waals surface area contributed by atoms with E-state index < -0.39 is 11.0 Å². The number of ether oxygens (including phenoxy) is 1. The van der Waals surface area contributed by atoms with E-state index in [9.17, 15) is 5.26 Å². The number of nitrogens with zero attached hydrogens (tertiary/aromatic N) is 1. The van der Waals surface area contributed by atoms with Crippen LogP contribution in [0, 0.1) is 11.3 Å². The lowest BCUT2D eigenvalue weighted by Crippen LogP contribution is -2.48. The zero-order valence-corrected chi connectivity index (χ0v) is 17.5. The van der Waals surface area contributed by atoms with Gasteiger partial charge in [0.2, 0.25) is 0 Å². The second kappa shape index (κ2) is 7.76. The fraction of sp³-hybridized carbons (Fsp3) is 0.0690. The molecule has 32 heavy (non-hydrogen) atoms. The fourth-order valence-electron chi connectivity index (χ4n) is 4.92. The zero-order chi connectivity index (χ0) is 22.0. The summed E-state index contributed by atoms with van der Waals surface area (Å²) in [6.07, 6.45) is 0. The number of hydrogen-bond acceptors (Lipinski definition) is 3. The largest absolute Gasteiger partial charge is 0.460 e. The first-order chi connectivity index (χ1) is 15.7. The van der Waals surface area contributed by atoms with Gasteiger partial charge in [0.1, 0.15) is 0 Å². The molecule has 0 aromatic heterocycles. The van der Waals surface area contributed by atoms with Crippen molar-refractivity contribution in [2.45, 2.75) is 11.0 Å². The standard InChI is InChI=1S/C29H22N2O/c30-21-28(23-15-7-2-8-16-23)26(22-13-5-1-6-14-22)27(31)32-29(28,24-17-9-3-10-18-24)25-19-11-4-12-20-25/h1-20H,31H2. The average molecular weight is 415 g/mol. The van der Waals surface area contributed by atoms with Crippen molar-refractivity contribution in [2.24, 2.45) is 5.73 Å². The SMILES string of the molecule is N#CC1(c2ccccc2)C(c2ccccc2)=C(N)OC1(c1ccccc1)c1ccccc1. The Hall–Kier alpha value is -4.29. The molecule has 154 valence electrons. The molecule has 1 aliphatic rings. The van der Waals surface area contributed by atoms with Gasteiger partial charge in [0.15, 0.2) is 16.9 Å². The van der Waals surface area contributed by atoms with Crippen LogP contribution in [0.2, 0.25) is 0 Å². The van der Waals surface area contributed by atoms with Crippen molar-refractivity contribution in [3.05, 3.63) is 149 Å². The smallest absolute Gasteiger partial charge is 0.191 e. The Bertz CT molecular complexity index is 1250. The van der Waals surface area contributed by atoms with Crippen LogP contribution in [-0.4, -0.2) is 0 Å². The Kier molecular flexibility index (Phi) is 4.77. The molecular formula is C29H22N2O. The Morgan fingerprint density at radius 3 is 1.44 bits per heavy atom. The quantitative estimate of drug-likeness (QED) is 0.463. The molecule has 5 rings (SSSR count). The number of nitriles is 1. The maximum absolute atomic E-state index is 11.1. The van der Waals surface area contributed by atoms with Gasteiger partial charge in [-0.1, -0.05) is 121 Å². The van der Waals surface area contributed by atoms with Crippen LogP contribution < -0.4 is 5.73 Å². The summed E-state index contributed by atoms with van der Waals surface area (Å²) in [5.41, 5.74) is 8.38. The minimum Gasteiger partial charge on any atom is -0.460 e. The summed E-state index contributed by atoms with van der Waals surface area (Å²) in [5, 5.41) is 11.1. The molecule has 1 heterocycles. The van der Waals surface area contributed by atoms with Crippen molar-refractivity contribution in [1.82, 2.24) is 0 Å². The highest BCUT2D eigenvalue weighted by Crippen LogP contribution is 2.61. The predicted octanol–water partition coefficient (Wildman–Crippen LogP) is 5.75. The Morgan fingerprint density at radius 1 is 0.594 bits per heavy atom. The Morgan fingerprint density at radius 2 is 1.00 bits per heavy atom. The van der Waals surface area contributed by atoms with Crippen LogP contribution in [0.1, 0.15) is 22.3 Å². The van der Waals surface area contributed by atoms with E-state index >= 15 is 0 Å². The van der Waals surface area contributed by atoms with Crippen molar-refractivity contribution >= 4 is 5.57 Å². The van der Waals surface area contributed by atoms with Crippen LogP contribution in [-0.2, 0) is 15.8 Å². The molecule has 1 atom stereocenters. The summed E-state index contributed by atoms with van der Waals surface area (Å²) in [5.74, 6) is 0.259. The zero-order valence-electron chi connectivity index (χ0n) is 17.5. The van der Waals surface area contributed by atoms with Crippen LogP contribution in [0.25, 0.3) is 5.57 Å². The molecule has 1 aliphatic heterocycles. The van der Waals surface area contributed by atoms with E-state index in [1.807, 2.05) is 121 Å². The number of nitrogens with two attached hydrogens (primary N) is 1. The van der Waals surface area contributed by atoms with Gasteiger partial charge in [-0.15, -0.1) is 0 Å². The summed E-state index contributed by atoms with van der Waals surface area (Å²) in [6.45, 7) is 0. The van der Waals surface area contributed by atoms with E-state index in [-0.39, 0.29) is 5.88 Å². The molecule has 4 aromatic carbocycles. The third-order valence-electron chi connectivity index (χ3n) is 6.21. The number of rotatable bonds is 4. The van der Waals surface area contributed by atoms with E-state index in [2.05, 4.69) is 6.07 Å². The van der Waals surface area contributed by atoms with Gasteiger partial charge in [0, 0.05) is 16.7 Å². The van der Waals surface area contributed by atoms with Crippen LogP contribution in [0.15, 0.2) is 127 Å². The maximum atomic E-state index is 11.1. The van der Waals surface area contributed by atoms with Crippen molar-refractivity contribution in [3.63, 3.8) is 0 Å². The van der Waals surface area contributed by atoms with E-state index in [0.717, 1.165) is 22.3 Å². The van der Waals surface area contributed by atoms with Gasteiger partial charge in [0.05, 0.1) is 6.07 Å². The van der Waals surface area contributed by atoms with Crippen molar-refractivity contribution in [1.29, 1.82) is 5.26 Å². The summed E-state index contributed by atoms with van der Waals surface area (Å²) >= 11 is 0. The molecule has 0 bridgehead atoms. The van der Waals surface area contributed by atoms with E-state index in [1.54, 1.807) is 0 Å². The molecule has 4 aromatic rings. The molecule has 1 unspecified atom stereocenters. The molecular weight excluding hydrogens is 392 g/mol. The minimum atomic E-state index is -1.22. The third kappa shape index (κ3) is 2.67. The number of benzene rings is 4. The Balaban J connectivity index is 1.94. The molecule has 2 N–H and O–H groups in total. The lowest BCUT2D eigenvalue weighted by atomic mass is 9.59. The topological polar surface area (TPSA) is 59.0 Å². The first-order valence-electron chi connectivity index (χ1n) is 10.6. The predicted molar refractivity (Wildman–Crippen MR) is 126 cm³/mol. The second-order valence-electron chi connectivity index (χ2n) is 7.85. The maximum Gasteiger partial charge on any atom is 0.191 e. The van der Waals surface area contributed by atoms with E-state index in [1.165, 1.54) is 0 Å². The fourth-order valence-corrected chi connectivity index (χ4v) is 4.92. The van der Waals surface area contributed by atoms with Crippen LogP contribution in [0.3, 0.4) is 0 Å². The molecule has 3 heteroatoms. The van der Waals surface area contributed by atoms with Crippen LogP contribution >= 0.6 is 0 Å². The van der Waals surface area contributed by atoms with Gasteiger partial charge in [-0.2, -0.15) is 5.26 Å². The lowest BCUT2D eigenvalue weighted by Gasteiger charge is -2.42. The average Bonchev–Trinajstić information content (AvgIpc) is 3.16. The lowest BCUT2D eigenvalue weighted by molar-refractivity contribution is 0.0272. The molecule has 0 radical (unpaired) electrons. The normalized spacial score (nSPS) is 19.2. The Labute approximate surface area is 188 Å². The monoisotopic (exact) mass is 414 g/mol. The highest BCUT2D eigenvalue weighted by atomic mass is 16.5. The summed E-state index contributed by atoms with van der Waals surface area (Å²) in [4.78, 5) is 0. The molecule has 0 amide bonds. The van der Waals surface area contributed by atoms with Crippen molar-refractivity contribution in [2.75, 3.05) is 0 Å². The van der Waals surface area contributed by atoms with Crippen molar-refractivity contribution in [3.8, 4) is 6.07 Å². The molecule has 3 nitrogen and oxygen atoms in total. The molecule has 0 spiro atoms. The van der Waals surface area contributed by atoms with Gasteiger partial charge in [-0.3, -0.25) is 0 Å². The molecule has 0 aliphatic carbocycles. The molecule has 0 saturated carbocycles. The summed E-state index contributed by atoms with van der Waals surface area (Å²) < 4.78 is 6.68. The van der Waals surface area contributed by atoms with E-state index in [0.29, 0.717) is 5.57 Å². The van der Waals surface area contributed by atoms with Crippen molar-refractivity contribution < 1.29 is 4.74 Å². The highest BCUT2D eigenvalue weighted by molar-refractivity contribution is 5.85. The third-order valence-corrected chi connectivity index (χ3v) is 6.21. The second-order valence-corrected chi connectivity index (χ2v) is 7.85. The highest BCUT2D eigenvalue weighted by Gasteiger charge is 2.65. The molecule has 0 saturated heterocycles. The minimum absolute atomic E-state index is 0.259. The summed E-state index contributed by atoms with van der Waals surface area (Å²) in [7, 11) is 0.